The Bertz CT molecular complexity index is 337. The molecular formula is C12H15NO. The van der Waals surface area contributed by atoms with Gasteiger partial charge < -0.3 is 10.1 Å². The molecule has 1 aliphatic carbocycles. The van der Waals surface area contributed by atoms with Crippen LogP contribution in [0.2, 0.25) is 0 Å². The standard InChI is InChI=1S/C12H15NO/c1-2-4-10-9(3-1)5-6-11-12(10)13-7-8-14-11/h1-4,11-13H,5-8H2. The molecule has 1 aromatic rings. The number of nitrogens with one attached hydrogen (secondary N) is 1. The molecular weight excluding hydrogens is 174 g/mol. The molecule has 2 nitrogen and oxygen atoms in total. The average Bonchev–Trinajstić information content (AvgIpc) is 2.29. The van der Waals surface area contributed by atoms with Crippen LogP contribution in [0.3, 0.4) is 0 Å². The maximum Gasteiger partial charge on any atom is 0.0773 e. The number of hydrogen-bond acceptors (Lipinski definition) is 2. The molecule has 1 aliphatic heterocycles. The highest BCUT2D eigenvalue weighted by Crippen LogP contribution is 2.32. The molecule has 2 aliphatic rings. The summed E-state index contributed by atoms with van der Waals surface area (Å²) in [5.74, 6) is 0. The van der Waals surface area contributed by atoms with E-state index in [0.29, 0.717) is 12.1 Å². The summed E-state index contributed by atoms with van der Waals surface area (Å²) in [4.78, 5) is 0. The first-order valence-electron chi connectivity index (χ1n) is 5.38. The van der Waals surface area contributed by atoms with E-state index in [9.17, 15) is 0 Å². The maximum absolute atomic E-state index is 5.78. The molecule has 0 amide bonds. The minimum absolute atomic E-state index is 0.402. The van der Waals surface area contributed by atoms with Gasteiger partial charge in [-0.3, -0.25) is 0 Å². The van der Waals surface area contributed by atoms with Gasteiger partial charge >= 0.3 is 0 Å². The zero-order valence-corrected chi connectivity index (χ0v) is 8.20. The van der Waals surface area contributed by atoms with Crippen molar-refractivity contribution in [2.45, 2.75) is 25.0 Å². The van der Waals surface area contributed by atoms with Crippen LogP contribution in [0.1, 0.15) is 23.6 Å². The smallest absolute Gasteiger partial charge is 0.0773 e. The summed E-state index contributed by atoms with van der Waals surface area (Å²) in [6.07, 6.45) is 2.73. The average molecular weight is 189 g/mol. The molecule has 14 heavy (non-hydrogen) atoms. The van der Waals surface area contributed by atoms with E-state index in [4.69, 9.17) is 4.74 Å². The minimum Gasteiger partial charge on any atom is -0.375 e. The van der Waals surface area contributed by atoms with Crippen LogP contribution in [0.4, 0.5) is 0 Å². The molecule has 2 unspecified atom stereocenters. The molecule has 0 spiro atoms. The lowest BCUT2D eigenvalue weighted by atomic mass is 9.85. The number of morpholine rings is 1. The van der Waals surface area contributed by atoms with Gasteiger partial charge in [0.25, 0.3) is 0 Å². The summed E-state index contributed by atoms with van der Waals surface area (Å²) in [6.45, 7) is 1.85. The van der Waals surface area contributed by atoms with Gasteiger partial charge in [-0.15, -0.1) is 0 Å². The molecule has 2 atom stereocenters. The third-order valence-electron chi connectivity index (χ3n) is 3.26. The highest BCUT2D eigenvalue weighted by molar-refractivity contribution is 5.33. The molecule has 1 fully saturated rings. The number of rotatable bonds is 0. The van der Waals surface area contributed by atoms with Crippen LogP contribution in [-0.4, -0.2) is 19.3 Å². The third-order valence-corrected chi connectivity index (χ3v) is 3.26. The summed E-state index contributed by atoms with van der Waals surface area (Å²) in [6, 6.07) is 9.16. The van der Waals surface area contributed by atoms with Crippen molar-refractivity contribution in [3.05, 3.63) is 35.4 Å². The molecule has 3 rings (SSSR count). The Hall–Kier alpha value is -0.860. The van der Waals surface area contributed by atoms with Crippen LogP contribution >= 0.6 is 0 Å². The van der Waals surface area contributed by atoms with Crippen molar-refractivity contribution >= 4 is 0 Å². The van der Waals surface area contributed by atoms with Crippen molar-refractivity contribution in [2.75, 3.05) is 13.2 Å². The Morgan fingerprint density at radius 1 is 1.29 bits per heavy atom. The monoisotopic (exact) mass is 189 g/mol. The summed E-state index contributed by atoms with van der Waals surface area (Å²) in [5.41, 5.74) is 2.94. The Morgan fingerprint density at radius 2 is 2.21 bits per heavy atom. The van der Waals surface area contributed by atoms with Crippen LogP contribution in [0.25, 0.3) is 0 Å². The topological polar surface area (TPSA) is 21.3 Å². The van der Waals surface area contributed by atoms with Crippen LogP contribution in [0, 0.1) is 0 Å². The van der Waals surface area contributed by atoms with E-state index in [0.717, 1.165) is 19.6 Å². The number of hydrogen-bond donors (Lipinski definition) is 1. The van der Waals surface area contributed by atoms with E-state index in [2.05, 4.69) is 29.6 Å². The van der Waals surface area contributed by atoms with E-state index in [1.54, 1.807) is 0 Å². The predicted molar refractivity (Wildman–Crippen MR) is 55.2 cm³/mol. The second kappa shape index (κ2) is 3.37. The van der Waals surface area contributed by atoms with Crippen molar-refractivity contribution in [2.24, 2.45) is 0 Å². The van der Waals surface area contributed by atoms with Gasteiger partial charge in [-0.25, -0.2) is 0 Å². The Kier molecular flexibility index (Phi) is 2.03. The van der Waals surface area contributed by atoms with Crippen LogP contribution < -0.4 is 5.32 Å². The number of ether oxygens (including phenoxy) is 1. The van der Waals surface area contributed by atoms with E-state index in [1.807, 2.05) is 0 Å². The lowest BCUT2D eigenvalue weighted by Gasteiger charge is -2.37. The third kappa shape index (κ3) is 1.26. The molecule has 0 radical (unpaired) electrons. The van der Waals surface area contributed by atoms with Gasteiger partial charge in [-0.1, -0.05) is 24.3 Å². The first-order valence-corrected chi connectivity index (χ1v) is 5.38. The molecule has 1 N–H and O–H groups in total. The first kappa shape index (κ1) is 8.45. The summed E-state index contributed by atoms with van der Waals surface area (Å²) < 4.78 is 5.78. The second-order valence-electron chi connectivity index (χ2n) is 4.08. The molecule has 0 aromatic heterocycles. The normalized spacial score (nSPS) is 30.6. The zero-order valence-electron chi connectivity index (χ0n) is 8.20. The second-order valence-corrected chi connectivity index (χ2v) is 4.08. The van der Waals surface area contributed by atoms with Crippen molar-refractivity contribution in [1.29, 1.82) is 0 Å². The van der Waals surface area contributed by atoms with E-state index in [-0.39, 0.29) is 0 Å². The molecule has 1 aromatic carbocycles. The fraction of sp³-hybridized carbons (Fsp3) is 0.500. The van der Waals surface area contributed by atoms with E-state index >= 15 is 0 Å². The molecule has 0 saturated carbocycles. The van der Waals surface area contributed by atoms with Gasteiger partial charge in [-0.2, -0.15) is 0 Å². The van der Waals surface area contributed by atoms with Gasteiger partial charge in [0.1, 0.15) is 0 Å². The van der Waals surface area contributed by atoms with Crippen molar-refractivity contribution < 1.29 is 4.74 Å². The van der Waals surface area contributed by atoms with Gasteiger partial charge in [0.15, 0.2) is 0 Å². The minimum atomic E-state index is 0.402. The van der Waals surface area contributed by atoms with Gasteiger partial charge in [0.2, 0.25) is 0 Å². The fourth-order valence-corrected chi connectivity index (χ4v) is 2.58. The van der Waals surface area contributed by atoms with Gasteiger partial charge in [0.05, 0.1) is 18.8 Å². The Morgan fingerprint density at radius 3 is 3.21 bits per heavy atom. The molecule has 1 saturated heterocycles. The van der Waals surface area contributed by atoms with Gasteiger partial charge in [-0.05, 0) is 24.0 Å². The van der Waals surface area contributed by atoms with Gasteiger partial charge in [0, 0.05) is 6.54 Å². The first-order chi connectivity index (χ1) is 6.95. The van der Waals surface area contributed by atoms with Crippen molar-refractivity contribution in [1.82, 2.24) is 5.32 Å². The van der Waals surface area contributed by atoms with Crippen LogP contribution in [0.15, 0.2) is 24.3 Å². The SMILES string of the molecule is c1ccc2c(c1)CCC1OCCNC21. The molecule has 1 heterocycles. The Balaban J connectivity index is 1.99. The number of fused-ring (bicyclic) bond motifs is 3. The molecule has 74 valence electrons. The molecule has 2 heteroatoms. The highest BCUT2D eigenvalue weighted by Gasteiger charge is 2.31. The van der Waals surface area contributed by atoms with Crippen LogP contribution in [0.5, 0.6) is 0 Å². The fourth-order valence-electron chi connectivity index (χ4n) is 2.58. The summed E-state index contributed by atoms with van der Waals surface area (Å²) in [5, 5.41) is 3.55. The van der Waals surface area contributed by atoms with Crippen LogP contribution in [-0.2, 0) is 11.2 Å². The number of aryl methyl sites for hydroxylation is 1. The number of benzene rings is 1. The van der Waals surface area contributed by atoms with E-state index < -0.39 is 0 Å². The van der Waals surface area contributed by atoms with Crippen molar-refractivity contribution in [3.63, 3.8) is 0 Å². The molecule has 0 bridgehead atoms. The lowest BCUT2D eigenvalue weighted by molar-refractivity contribution is -0.0138. The lowest BCUT2D eigenvalue weighted by Crippen LogP contribution is -2.44. The highest BCUT2D eigenvalue weighted by atomic mass is 16.5. The summed E-state index contributed by atoms with van der Waals surface area (Å²) >= 11 is 0. The zero-order chi connectivity index (χ0) is 9.38. The van der Waals surface area contributed by atoms with E-state index in [1.165, 1.54) is 17.5 Å². The van der Waals surface area contributed by atoms with Crippen molar-refractivity contribution in [3.8, 4) is 0 Å². The maximum atomic E-state index is 5.78. The summed E-state index contributed by atoms with van der Waals surface area (Å²) in [7, 11) is 0. The quantitative estimate of drug-likeness (QED) is 0.670. The predicted octanol–water partition coefficient (Wildman–Crippen LogP) is 1.66. The largest absolute Gasteiger partial charge is 0.375 e. The Labute approximate surface area is 84.3 Å².